The molecule has 0 spiro atoms. The Morgan fingerprint density at radius 2 is 2.30 bits per heavy atom. The van der Waals surface area contributed by atoms with E-state index in [9.17, 15) is 14.3 Å². The smallest absolute Gasteiger partial charge is 0.309 e. The van der Waals surface area contributed by atoms with Crippen molar-refractivity contribution in [2.75, 3.05) is 7.11 Å². The Bertz CT molecular complexity index is 500. The van der Waals surface area contributed by atoms with Crippen LogP contribution in [0.15, 0.2) is 18.2 Å². The fraction of sp³-hybridized carbons (Fsp3) is 0.562. The highest BCUT2D eigenvalue weighted by molar-refractivity contribution is 5.75. The molecule has 3 nitrogen and oxygen atoms in total. The maximum Gasteiger partial charge on any atom is 0.309 e. The summed E-state index contributed by atoms with van der Waals surface area (Å²) in [6, 6.07) is 4.63. The van der Waals surface area contributed by atoms with Crippen molar-refractivity contribution in [2.24, 2.45) is 11.3 Å². The Balaban J connectivity index is 2.26. The van der Waals surface area contributed by atoms with E-state index < -0.39 is 11.4 Å². The first kappa shape index (κ1) is 14.8. The van der Waals surface area contributed by atoms with Gasteiger partial charge in [-0.2, -0.15) is 0 Å². The summed E-state index contributed by atoms with van der Waals surface area (Å²) in [5.74, 6) is -0.365. The Morgan fingerprint density at radius 3 is 2.85 bits per heavy atom. The molecule has 4 heteroatoms. The molecule has 2 unspecified atom stereocenters. The molecule has 1 aliphatic rings. The van der Waals surface area contributed by atoms with E-state index >= 15 is 0 Å². The number of hydrogen-bond acceptors (Lipinski definition) is 2. The lowest BCUT2D eigenvalue weighted by molar-refractivity contribution is -0.152. The lowest BCUT2D eigenvalue weighted by Crippen LogP contribution is -2.38. The molecular weight excluding hydrogens is 259 g/mol. The van der Waals surface area contributed by atoms with Crippen molar-refractivity contribution in [3.8, 4) is 5.75 Å². The fourth-order valence-electron chi connectivity index (χ4n) is 3.25. The molecule has 2 atom stereocenters. The number of benzene rings is 1. The summed E-state index contributed by atoms with van der Waals surface area (Å²) >= 11 is 0. The second-order valence-corrected chi connectivity index (χ2v) is 5.92. The van der Waals surface area contributed by atoms with Gasteiger partial charge in [0, 0.05) is 6.07 Å². The highest BCUT2D eigenvalue weighted by atomic mass is 19.1. The van der Waals surface area contributed by atoms with Crippen molar-refractivity contribution in [3.05, 3.63) is 29.6 Å². The highest BCUT2D eigenvalue weighted by Crippen LogP contribution is 2.42. The average Bonchev–Trinajstić information content (AvgIpc) is 2.41. The van der Waals surface area contributed by atoms with Crippen LogP contribution >= 0.6 is 0 Å². The van der Waals surface area contributed by atoms with Gasteiger partial charge in [-0.3, -0.25) is 4.79 Å². The quantitative estimate of drug-likeness (QED) is 0.915. The average molecular weight is 280 g/mol. The minimum absolute atomic E-state index is 0.252. The van der Waals surface area contributed by atoms with Crippen LogP contribution in [0.5, 0.6) is 5.75 Å². The minimum atomic E-state index is -0.826. The lowest BCUT2D eigenvalue weighted by Gasteiger charge is -2.36. The molecule has 0 bridgehead atoms. The standard InChI is InChI=1S/C16H21FO3/c1-11-4-3-7-16(9-11,15(18)19)10-12-5-6-13(20-2)8-14(12)17/h5-6,8,11H,3-4,7,9-10H2,1-2H3,(H,18,19). The van der Waals surface area contributed by atoms with Gasteiger partial charge in [0.25, 0.3) is 0 Å². The van der Waals surface area contributed by atoms with Gasteiger partial charge in [0.2, 0.25) is 0 Å². The van der Waals surface area contributed by atoms with Crippen LogP contribution in [0, 0.1) is 17.2 Å². The highest BCUT2D eigenvalue weighted by Gasteiger charge is 2.42. The van der Waals surface area contributed by atoms with Gasteiger partial charge >= 0.3 is 5.97 Å². The van der Waals surface area contributed by atoms with Crippen LogP contribution in [0.4, 0.5) is 4.39 Å². The summed E-state index contributed by atoms with van der Waals surface area (Å²) in [7, 11) is 1.48. The zero-order valence-corrected chi connectivity index (χ0v) is 12.0. The maximum atomic E-state index is 14.0. The number of hydrogen-bond donors (Lipinski definition) is 1. The molecule has 110 valence electrons. The molecule has 2 rings (SSSR count). The van der Waals surface area contributed by atoms with E-state index in [2.05, 4.69) is 6.92 Å². The first-order valence-corrected chi connectivity index (χ1v) is 7.03. The molecule has 1 aromatic rings. The number of methoxy groups -OCH3 is 1. The molecule has 0 aliphatic heterocycles. The third kappa shape index (κ3) is 2.94. The molecule has 0 radical (unpaired) electrons. The van der Waals surface area contributed by atoms with Gasteiger partial charge in [-0.15, -0.1) is 0 Å². The van der Waals surface area contributed by atoms with Crippen molar-refractivity contribution in [1.82, 2.24) is 0 Å². The van der Waals surface area contributed by atoms with Crippen LogP contribution in [0.25, 0.3) is 0 Å². The molecule has 1 N–H and O–H groups in total. The van der Waals surface area contributed by atoms with Gasteiger partial charge in [0.15, 0.2) is 0 Å². The van der Waals surface area contributed by atoms with Crippen molar-refractivity contribution >= 4 is 5.97 Å². The predicted octanol–water partition coefficient (Wildman–Crippen LogP) is 3.66. The van der Waals surface area contributed by atoms with Gasteiger partial charge in [0.05, 0.1) is 12.5 Å². The van der Waals surface area contributed by atoms with Gasteiger partial charge in [0.1, 0.15) is 11.6 Å². The fourth-order valence-corrected chi connectivity index (χ4v) is 3.25. The number of carboxylic acids is 1. The number of rotatable bonds is 4. The van der Waals surface area contributed by atoms with E-state index in [0.29, 0.717) is 30.1 Å². The summed E-state index contributed by atoms with van der Waals surface area (Å²) < 4.78 is 19.0. The van der Waals surface area contributed by atoms with Gasteiger partial charge < -0.3 is 9.84 Å². The minimum Gasteiger partial charge on any atom is -0.497 e. The van der Waals surface area contributed by atoms with E-state index in [1.54, 1.807) is 12.1 Å². The van der Waals surface area contributed by atoms with Crippen molar-refractivity contribution in [3.63, 3.8) is 0 Å². The van der Waals surface area contributed by atoms with E-state index in [4.69, 9.17) is 4.74 Å². The predicted molar refractivity (Wildman–Crippen MR) is 74.4 cm³/mol. The van der Waals surface area contributed by atoms with Crippen LogP contribution < -0.4 is 4.74 Å². The molecule has 0 amide bonds. The molecule has 0 aromatic heterocycles. The maximum absolute atomic E-state index is 14.0. The summed E-state index contributed by atoms with van der Waals surface area (Å²) in [6.07, 6.45) is 3.44. The molecule has 20 heavy (non-hydrogen) atoms. The Morgan fingerprint density at radius 1 is 1.55 bits per heavy atom. The Kier molecular flexibility index (Phi) is 4.31. The Hall–Kier alpha value is -1.58. The lowest BCUT2D eigenvalue weighted by atomic mass is 9.67. The van der Waals surface area contributed by atoms with Crippen LogP contribution in [0.1, 0.15) is 38.2 Å². The van der Waals surface area contributed by atoms with Crippen LogP contribution in [0.3, 0.4) is 0 Å². The third-order valence-corrected chi connectivity index (χ3v) is 4.33. The summed E-state index contributed by atoms with van der Waals surface area (Å²) in [5, 5.41) is 9.61. The zero-order chi connectivity index (χ0) is 14.8. The molecule has 1 aromatic carbocycles. The van der Waals surface area contributed by atoms with Crippen molar-refractivity contribution in [2.45, 2.75) is 39.0 Å². The molecule has 0 saturated heterocycles. The second-order valence-electron chi connectivity index (χ2n) is 5.92. The first-order chi connectivity index (χ1) is 9.47. The summed E-state index contributed by atoms with van der Waals surface area (Å²) in [4.78, 5) is 11.7. The number of halogens is 1. The SMILES string of the molecule is COc1ccc(CC2(C(=O)O)CCCC(C)C2)c(F)c1. The van der Waals surface area contributed by atoms with E-state index in [1.807, 2.05) is 0 Å². The van der Waals surface area contributed by atoms with E-state index in [-0.39, 0.29) is 12.2 Å². The monoisotopic (exact) mass is 280 g/mol. The summed E-state index contributed by atoms with van der Waals surface area (Å²) in [5.41, 5.74) is -0.366. The van der Waals surface area contributed by atoms with Gasteiger partial charge in [-0.1, -0.05) is 25.8 Å². The normalized spacial score (nSPS) is 26.2. The van der Waals surface area contributed by atoms with Crippen LogP contribution in [-0.4, -0.2) is 18.2 Å². The molecule has 1 aliphatic carbocycles. The number of carboxylic acid groups (broad SMARTS) is 1. The van der Waals surface area contributed by atoms with Gasteiger partial charge in [-0.05, 0) is 36.8 Å². The molecule has 1 fully saturated rings. The van der Waals surface area contributed by atoms with Crippen LogP contribution in [-0.2, 0) is 11.2 Å². The van der Waals surface area contributed by atoms with Crippen LogP contribution in [0.2, 0.25) is 0 Å². The molecule has 0 heterocycles. The first-order valence-electron chi connectivity index (χ1n) is 7.03. The topological polar surface area (TPSA) is 46.5 Å². The van der Waals surface area contributed by atoms with E-state index in [0.717, 1.165) is 12.8 Å². The number of aliphatic carboxylic acids is 1. The number of carbonyl (C=O) groups is 1. The number of ether oxygens (including phenoxy) is 1. The second kappa shape index (κ2) is 5.81. The molecule has 1 saturated carbocycles. The van der Waals surface area contributed by atoms with Gasteiger partial charge in [-0.25, -0.2) is 4.39 Å². The Labute approximate surface area is 118 Å². The third-order valence-electron chi connectivity index (χ3n) is 4.33. The van der Waals surface area contributed by atoms with Crippen molar-refractivity contribution < 1.29 is 19.0 Å². The largest absolute Gasteiger partial charge is 0.497 e. The zero-order valence-electron chi connectivity index (χ0n) is 12.0. The van der Waals surface area contributed by atoms with E-state index in [1.165, 1.54) is 13.2 Å². The van der Waals surface area contributed by atoms with Crippen molar-refractivity contribution in [1.29, 1.82) is 0 Å². The molecular formula is C16H21FO3. The summed E-state index contributed by atoms with van der Waals surface area (Å²) in [6.45, 7) is 2.07.